The monoisotopic (exact) mass is 405 g/mol. The van der Waals surface area contributed by atoms with Gasteiger partial charge in [-0.15, -0.1) is 0 Å². The molecule has 2 aromatic rings. The fraction of sp³-hybridized carbons (Fsp3) is 0.250. The Morgan fingerprint density at radius 1 is 1.21 bits per heavy atom. The summed E-state index contributed by atoms with van der Waals surface area (Å²) in [6.45, 7) is 5.33. The molecule has 2 aliphatic heterocycles. The maximum absolute atomic E-state index is 12.7. The van der Waals surface area contributed by atoms with E-state index in [9.17, 15) is 4.79 Å². The first-order chi connectivity index (χ1) is 14.1. The quantitative estimate of drug-likeness (QED) is 0.702. The topological polar surface area (TPSA) is 45.2 Å². The zero-order valence-corrected chi connectivity index (χ0v) is 17.1. The van der Waals surface area contributed by atoms with Crippen LogP contribution in [0.2, 0.25) is 5.02 Å². The highest BCUT2D eigenvalue weighted by molar-refractivity contribution is 6.30. The first kappa shape index (κ1) is 19.5. The number of halogens is 1. The molecule has 1 aromatic carbocycles. The van der Waals surface area contributed by atoms with Crippen LogP contribution in [0.5, 0.6) is 0 Å². The molecule has 4 rings (SSSR count). The van der Waals surface area contributed by atoms with Crippen LogP contribution in [0.3, 0.4) is 0 Å². The van der Waals surface area contributed by atoms with Crippen LogP contribution in [-0.4, -0.2) is 28.9 Å². The molecule has 0 spiro atoms. The first-order valence-electron chi connectivity index (χ1n) is 9.94. The summed E-state index contributed by atoms with van der Waals surface area (Å²) in [6, 6.07) is 9.99. The van der Waals surface area contributed by atoms with Crippen LogP contribution in [0.4, 0.5) is 5.82 Å². The largest absolute Gasteiger partial charge is 0.344 e. The van der Waals surface area contributed by atoms with E-state index in [1.54, 1.807) is 12.3 Å². The van der Waals surface area contributed by atoms with Crippen LogP contribution in [0, 0.1) is 0 Å². The molecule has 3 heterocycles. The number of nitrogens with one attached hydrogen (secondary N) is 1. The second-order valence-corrected chi connectivity index (χ2v) is 7.90. The van der Waals surface area contributed by atoms with Gasteiger partial charge in [0.1, 0.15) is 5.82 Å². The number of rotatable bonds is 3. The number of pyridine rings is 1. The lowest BCUT2D eigenvalue weighted by molar-refractivity contribution is -0.125. The molecule has 0 saturated heterocycles. The molecule has 4 nitrogen and oxygen atoms in total. The maximum Gasteiger partial charge on any atom is 0.246 e. The Labute approximate surface area is 176 Å². The number of anilines is 1. The number of hydrogen-bond acceptors (Lipinski definition) is 3. The van der Waals surface area contributed by atoms with Crippen molar-refractivity contribution in [2.24, 2.45) is 0 Å². The Morgan fingerprint density at radius 3 is 2.86 bits per heavy atom. The van der Waals surface area contributed by atoms with Crippen molar-refractivity contribution in [1.29, 1.82) is 0 Å². The molecular formula is C24H24ClN3O. The van der Waals surface area contributed by atoms with Gasteiger partial charge < -0.3 is 10.2 Å². The van der Waals surface area contributed by atoms with E-state index in [1.165, 1.54) is 11.1 Å². The van der Waals surface area contributed by atoms with Crippen LogP contribution < -0.4 is 5.32 Å². The zero-order chi connectivity index (χ0) is 20.2. The van der Waals surface area contributed by atoms with Gasteiger partial charge in [-0.1, -0.05) is 36.4 Å². The molecule has 0 fully saturated rings. The summed E-state index contributed by atoms with van der Waals surface area (Å²) in [5.74, 6) is 0.903. The zero-order valence-electron chi connectivity index (χ0n) is 16.3. The van der Waals surface area contributed by atoms with Gasteiger partial charge in [-0.2, -0.15) is 0 Å². The van der Waals surface area contributed by atoms with Gasteiger partial charge in [-0.05, 0) is 72.2 Å². The molecule has 0 unspecified atom stereocenters. The highest BCUT2D eigenvalue weighted by Crippen LogP contribution is 2.26. The lowest BCUT2D eigenvalue weighted by Crippen LogP contribution is -2.29. The lowest BCUT2D eigenvalue weighted by atomic mass is 10.0. The second kappa shape index (κ2) is 8.66. The average Bonchev–Trinajstić information content (AvgIpc) is 2.99. The number of nitrogens with zero attached hydrogens (tertiary/aromatic N) is 2. The number of carbonyl (C=O) groups is 1. The van der Waals surface area contributed by atoms with Gasteiger partial charge in [0.25, 0.3) is 0 Å². The molecule has 2 aliphatic rings. The first-order valence-corrected chi connectivity index (χ1v) is 10.3. The Bertz CT molecular complexity index is 992. The number of hydrogen-bond donors (Lipinski definition) is 1. The molecular weight excluding hydrogens is 382 g/mol. The molecule has 1 aromatic heterocycles. The molecule has 0 radical (unpaired) electrons. The van der Waals surface area contributed by atoms with E-state index in [0.717, 1.165) is 59.9 Å². The molecule has 29 heavy (non-hydrogen) atoms. The molecule has 1 N–H and O–H groups in total. The molecule has 5 heteroatoms. The summed E-state index contributed by atoms with van der Waals surface area (Å²) < 4.78 is 0. The van der Waals surface area contributed by atoms with E-state index >= 15 is 0 Å². The summed E-state index contributed by atoms with van der Waals surface area (Å²) >= 11 is 5.99. The standard InChI is InChI=1S/C24H24ClN3O/c1-17-4-6-21-15-18(16-26-24(21)27-17)5-11-23(29)28-13-2-3-19(12-14-28)20-7-9-22(25)10-8-20/h5,7-12,15-16H,1-4,6,13-14H2,(H,26,27)/b11-5+. The van der Waals surface area contributed by atoms with Crippen molar-refractivity contribution in [3.63, 3.8) is 0 Å². The summed E-state index contributed by atoms with van der Waals surface area (Å²) in [6.07, 6.45) is 11.2. The molecule has 0 aliphatic carbocycles. The number of amides is 1. The van der Waals surface area contributed by atoms with Crippen molar-refractivity contribution in [3.05, 3.63) is 82.7 Å². The van der Waals surface area contributed by atoms with Crippen LogP contribution in [0.15, 0.2) is 61.0 Å². The predicted molar refractivity (Wildman–Crippen MR) is 120 cm³/mol. The Hall–Kier alpha value is -2.85. The Morgan fingerprint density at radius 2 is 2.03 bits per heavy atom. The minimum absolute atomic E-state index is 0.0304. The summed E-state index contributed by atoms with van der Waals surface area (Å²) in [5, 5.41) is 3.95. The van der Waals surface area contributed by atoms with Crippen molar-refractivity contribution >= 4 is 35.0 Å². The van der Waals surface area contributed by atoms with Crippen LogP contribution in [-0.2, 0) is 11.2 Å². The van der Waals surface area contributed by atoms with Crippen LogP contribution in [0.25, 0.3) is 11.6 Å². The minimum atomic E-state index is 0.0304. The van der Waals surface area contributed by atoms with Gasteiger partial charge in [0.05, 0.1) is 0 Å². The maximum atomic E-state index is 12.7. The highest BCUT2D eigenvalue weighted by atomic mass is 35.5. The Balaban J connectivity index is 1.42. The van der Waals surface area contributed by atoms with Crippen LogP contribution in [0.1, 0.15) is 36.0 Å². The van der Waals surface area contributed by atoms with Gasteiger partial charge in [0.2, 0.25) is 5.91 Å². The van der Waals surface area contributed by atoms with Crippen molar-refractivity contribution in [1.82, 2.24) is 9.88 Å². The average molecular weight is 406 g/mol. The van der Waals surface area contributed by atoms with Gasteiger partial charge >= 0.3 is 0 Å². The van der Waals surface area contributed by atoms with E-state index in [2.05, 4.69) is 29.0 Å². The van der Waals surface area contributed by atoms with Gasteiger partial charge in [0, 0.05) is 36.1 Å². The normalized spacial score (nSPS) is 16.8. The van der Waals surface area contributed by atoms with E-state index < -0.39 is 0 Å². The van der Waals surface area contributed by atoms with Crippen molar-refractivity contribution in [2.75, 3.05) is 18.4 Å². The number of benzene rings is 1. The number of fused-ring (bicyclic) bond motifs is 1. The van der Waals surface area contributed by atoms with Gasteiger partial charge in [-0.3, -0.25) is 4.79 Å². The smallest absolute Gasteiger partial charge is 0.246 e. The number of aromatic nitrogens is 1. The number of allylic oxidation sites excluding steroid dienone is 2. The van der Waals surface area contributed by atoms with Crippen LogP contribution >= 0.6 is 11.6 Å². The second-order valence-electron chi connectivity index (χ2n) is 7.46. The van der Waals surface area contributed by atoms with E-state index in [4.69, 9.17) is 11.6 Å². The Kier molecular flexibility index (Phi) is 5.81. The number of carbonyl (C=O) groups excluding carboxylic acids is 1. The molecule has 0 bridgehead atoms. The minimum Gasteiger partial charge on any atom is -0.344 e. The number of aryl methyl sites for hydroxylation is 1. The summed E-state index contributed by atoms with van der Waals surface area (Å²) in [7, 11) is 0. The lowest BCUT2D eigenvalue weighted by Gasteiger charge is -2.19. The van der Waals surface area contributed by atoms with E-state index in [1.807, 2.05) is 35.2 Å². The SMILES string of the molecule is C=C1CCc2cc(/C=C/C(=O)N3CC=C(c4ccc(Cl)cc4)CCC3)cnc2N1. The molecule has 0 saturated carbocycles. The fourth-order valence-corrected chi connectivity index (χ4v) is 3.84. The van der Waals surface area contributed by atoms with Gasteiger partial charge in [0.15, 0.2) is 0 Å². The predicted octanol–water partition coefficient (Wildman–Crippen LogP) is 5.33. The van der Waals surface area contributed by atoms with E-state index in [0.29, 0.717) is 6.54 Å². The third-order valence-electron chi connectivity index (χ3n) is 5.36. The highest BCUT2D eigenvalue weighted by Gasteiger charge is 2.15. The summed E-state index contributed by atoms with van der Waals surface area (Å²) in [5.41, 5.74) is 5.55. The summed E-state index contributed by atoms with van der Waals surface area (Å²) in [4.78, 5) is 19.0. The van der Waals surface area contributed by atoms with E-state index in [-0.39, 0.29) is 5.91 Å². The third-order valence-corrected chi connectivity index (χ3v) is 5.61. The fourth-order valence-electron chi connectivity index (χ4n) is 3.71. The van der Waals surface area contributed by atoms with Gasteiger partial charge in [-0.25, -0.2) is 4.98 Å². The van der Waals surface area contributed by atoms with Crippen molar-refractivity contribution < 1.29 is 4.79 Å². The van der Waals surface area contributed by atoms with Crippen molar-refractivity contribution in [3.8, 4) is 0 Å². The molecule has 0 atom stereocenters. The third kappa shape index (κ3) is 4.77. The molecule has 1 amide bonds. The molecule has 148 valence electrons. The van der Waals surface area contributed by atoms with Crippen molar-refractivity contribution in [2.45, 2.75) is 25.7 Å².